The van der Waals surface area contributed by atoms with Crippen LogP contribution in [0.5, 0.6) is 0 Å². The molecule has 1 saturated heterocycles. The fourth-order valence-corrected chi connectivity index (χ4v) is 1.18. The summed E-state index contributed by atoms with van der Waals surface area (Å²) >= 11 is 0. The Kier molecular flexibility index (Phi) is 3.25. The molecule has 0 amide bonds. The van der Waals surface area contributed by atoms with E-state index in [1.165, 1.54) is 0 Å². The van der Waals surface area contributed by atoms with E-state index >= 15 is 0 Å². The maximum atomic E-state index is 11.1. The molecule has 0 aromatic rings. The SMILES string of the molecule is C=CC1OCCC1OC(=O)C(=C)C. The van der Waals surface area contributed by atoms with E-state index in [0.717, 1.165) is 6.42 Å². The number of hydrogen-bond donors (Lipinski definition) is 0. The molecule has 1 rings (SSSR count). The first-order valence-corrected chi connectivity index (χ1v) is 4.26. The molecule has 2 atom stereocenters. The Hall–Kier alpha value is -1.09. The number of ether oxygens (including phenoxy) is 2. The average Bonchev–Trinajstić information content (AvgIpc) is 2.51. The molecule has 1 fully saturated rings. The van der Waals surface area contributed by atoms with Crippen LogP contribution in [0.4, 0.5) is 0 Å². The lowest BCUT2D eigenvalue weighted by Crippen LogP contribution is -2.25. The molecule has 0 radical (unpaired) electrons. The molecule has 13 heavy (non-hydrogen) atoms. The summed E-state index contributed by atoms with van der Waals surface area (Å²) in [5, 5.41) is 0. The smallest absolute Gasteiger partial charge is 0.333 e. The van der Waals surface area contributed by atoms with Crippen molar-refractivity contribution in [3.63, 3.8) is 0 Å². The summed E-state index contributed by atoms with van der Waals surface area (Å²) in [6.45, 7) is 9.36. The van der Waals surface area contributed by atoms with Crippen LogP contribution in [0.15, 0.2) is 24.8 Å². The van der Waals surface area contributed by atoms with Crippen molar-refractivity contribution in [1.82, 2.24) is 0 Å². The molecular weight excluding hydrogens is 168 g/mol. The van der Waals surface area contributed by atoms with Gasteiger partial charge in [-0.2, -0.15) is 0 Å². The van der Waals surface area contributed by atoms with E-state index in [-0.39, 0.29) is 18.2 Å². The normalized spacial score (nSPS) is 26.8. The standard InChI is InChI=1S/C10H14O3/c1-4-8-9(5-6-12-8)13-10(11)7(2)3/h4,8-9H,1-2,5-6H2,3H3. The van der Waals surface area contributed by atoms with Gasteiger partial charge in [0.15, 0.2) is 0 Å². The topological polar surface area (TPSA) is 35.5 Å². The van der Waals surface area contributed by atoms with E-state index in [1.54, 1.807) is 13.0 Å². The Morgan fingerprint density at radius 2 is 2.38 bits per heavy atom. The summed E-state index contributed by atoms with van der Waals surface area (Å²) < 4.78 is 10.4. The van der Waals surface area contributed by atoms with Crippen LogP contribution in [-0.4, -0.2) is 24.8 Å². The molecule has 0 bridgehead atoms. The van der Waals surface area contributed by atoms with Crippen LogP contribution in [-0.2, 0) is 14.3 Å². The van der Waals surface area contributed by atoms with Crippen LogP contribution in [0.25, 0.3) is 0 Å². The molecule has 3 nitrogen and oxygen atoms in total. The molecule has 1 aliphatic heterocycles. The van der Waals surface area contributed by atoms with Gasteiger partial charge in [-0.1, -0.05) is 12.7 Å². The maximum Gasteiger partial charge on any atom is 0.333 e. The van der Waals surface area contributed by atoms with Crippen molar-refractivity contribution < 1.29 is 14.3 Å². The highest BCUT2D eigenvalue weighted by Gasteiger charge is 2.29. The van der Waals surface area contributed by atoms with E-state index < -0.39 is 0 Å². The lowest BCUT2D eigenvalue weighted by molar-refractivity contribution is -0.145. The summed E-state index contributed by atoms with van der Waals surface area (Å²) in [6, 6.07) is 0. The number of esters is 1. The first-order valence-electron chi connectivity index (χ1n) is 4.26. The molecule has 2 unspecified atom stereocenters. The van der Waals surface area contributed by atoms with Gasteiger partial charge in [-0.15, -0.1) is 6.58 Å². The van der Waals surface area contributed by atoms with Crippen LogP contribution in [0.3, 0.4) is 0 Å². The Morgan fingerprint density at radius 1 is 1.69 bits per heavy atom. The maximum absolute atomic E-state index is 11.1. The van der Waals surface area contributed by atoms with Crippen molar-refractivity contribution in [2.45, 2.75) is 25.6 Å². The minimum Gasteiger partial charge on any atom is -0.456 e. The highest BCUT2D eigenvalue weighted by atomic mass is 16.6. The van der Waals surface area contributed by atoms with Crippen molar-refractivity contribution in [3.8, 4) is 0 Å². The van der Waals surface area contributed by atoms with Gasteiger partial charge in [0.25, 0.3) is 0 Å². The van der Waals surface area contributed by atoms with Crippen LogP contribution in [0.1, 0.15) is 13.3 Å². The molecule has 1 aliphatic rings. The number of carbonyl (C=O) groups is 1. The second kappa shape index (κ2) is 4.23. The van der Waals surface area contributed by atoms with Crippen molar-refractivity contribution >= 4 is 5.97 Å². The molecule has 0 aromatic heterocycles. The average molecular weight is 182 g/mol. The summed E-state index contributed by atoms with van der Waals surface area (Å²) in [7, 11) is 0. The molecule has 0 saturated carbocycles. The van der Waals surface area contributed by atoms with Crippen LogP contribution in [0, 0.1) is 0 Å². The molecule has 0 spiro atoms. The summed E-state index contributed by atoms with van der Waals surface area (Å²) in [5.41, 5.74) is 0.412. The quantitative estimate of drug-likeness (QED) is 0.376. The first-order chi connectivity index (χ1) is 6.15. The fourth-order valence-electron chi connectivity index (χ4n) is 1.18. The molecule has 0 N–H and O–H groups in total. The predicted molar refractivity (Wildman–Crippen MR) is 49.2 cm³/mol. The third-order valence-electron chi connectivity index (χ3n) is 1.92. The highest BCUT2D eigenvalue weighted by Crippen LogP contribution is 2.18. The van der Waals surface area contributed by atoms with Gasteiger partial charge in [0.2, 0.25) is 0 Å². The van der Waals surface area contributed by atoms with E-state index in [1.807, 2.05) is 0 Å². The molecule has 72 valence electrons. The van der Waals surface area contributed by atoms with Crippen molar-refractivity contribution in [3.05, 3.63) is 24.8 Å². The predicted octanol–water partition coefficient (Wildman–Crippen LogP) is 1.45. The van der Waals surface area contributed by atoms with Crippen LogP contribution < -0.4 is 0 Å². The highest BCUT2D eigenvalue weighted by molar-refractivity contribution is 5.87. The van der Waals surface area contributed by atoms with E-state index in [0.29, 0.717) is 12.2 Å². The minimum absolute atomic E-state index is 0.164. The summed E-state index contributed by atoms with van der Waals surface area (Å²) in [5.74, 6) is -0.359. The fraction of sp³-hybridized carbons (Fsp3) is 0.500. The van der Waals surface area contributed by atoms with Gasteiger partial charge in [-0.25, -0.2) is 4.79 Å². The van der Waals surface area contributed by atoms with E-state index in [2.05, 4.69) is 13.2 Å². The third kappa shape index (κ3) is 2.42. The van der Waals surface area contributed by atoms with Crippen LogP contribution >= 0.6 is 0 Å². The summed E-state index contributed by atoms with van der Waals surface area (Å²) in [4.78, 5) is 11.1. The van der Waals surface area contributed by atoms with Gasteiger partial charge in [-0.3, -0.25) is 0 Å². The van der Waals surface area contributed by atoms with Crippen molar-refractivity contribution in [2.75, 3.05) is 6.61 Å². The van der Waals surface area contributed by atoms with Gasteiger partial charge in [0, 0.05) is 12.0 Å². The second-order valence-electron chi connectivity index (χ2n) is 3.08. The Bertz CT molecular complexity index is 232. The largest absolute Gasteiger partial charge is 0.456 e. The van der Waals surface area contributed by atoms with Crippen molar-refractivity contribution in [2.24, 2.45) is 0 Å². The molecule has 0 aliphatic carbocycles. The molecule has 0 aromatic carbocycles. The van der Waals surface area contributed by atoms with Gasteiger partial charge < -0.3 is 9.47 Å². The zero-order chi connectivity index (χ0) is 9.84. The van der Waals surface area contributed by atoms with Gasteiger partial charge in [-0.05, 0) is 6.92 Å². The molecular formula is C10H14O3. The zero-order valence-corrected chi connectivity index (χ0v) is 7.79. The van der Waals surface area contributed by atoms with E-state index in [9.17, 15) is 4.79 Å². The second-order valence-corrected chi connectivity index (χ2v) is 3.08. The number of carbonyl (C=O) groups excluding carboxylic acids is 1. The van der Waals surface area contributed by atoms with Crippen LogP contribution in [0.2, 0.25) is 0 Å². The lowest BCUT2D eigenvalue weighted by Gasteiger charge is -2.15. The monoisotopic (exact) mass is 182 g/mol. The number of hydrogen-bond acceptors (Lipinski definition) is 3. The number of rotatable bonds is 3. The Balaban J connectivity index is 2.48. The third-order valence-corrected chi connectivity index (χ3v) is 1.92. The molecule has 1 heterocycles. The van der Waals surface area contributed by atoms with E-state index in [4.69, 9.17) is 9.47 Å². The van der Waals surface area contributed by atoms with Gasteiger partial charge in [0.05, 0.1) is 6.61 Å². The zero-order valence-electron chi connectivity index (χ0n) is 7.79. The minimum atomic E-state index is -0.359. The first kappa shape index (κ1) is 9.99. The van der Waals surface area contributed by atoms with Gasteiger partial charge in [0.1, 0.15) is 12.2 Å². The molecule has 3 heteroatoms. The Morgan fingerprint density at radius 3 is 2.92 bits per heavy atom. The Labute approximate surface area is 78.0 Å². The van der Waals surface area contributed by atoms with Gasteiger partial charge >= 0.3 is 5.97 Å². The summed E-state index contributed by atoms with van der Waals surface area (Å²) in [6.07, 6.45) is 2.03. The van der Waals surface area contributed by atoms with Crippen molar-refractivity contribution in [1.29, 1.82) is 0 Å². The lowest BCUT2D eigenvalue weighted by atomic mass is 10.2.